The standard InChI is InChI=1S/C18H34N2O/c1-14(2)11-16-12-19(13-16)8-7-18(21)20-9-5-17(6-10-20)15(3)4/h14-17H,5-13H2,1-4H3. The molecule has 0 radical (unpaired) electrons. The molecular weight excluding hydrogens is 260 g/mol. The van der Waals surface area contributed by atoms with Crippen LogP contribution in [0.25, 0.3) is 0 Å². The summed E-state index contributed by atoms with van der Waals surface area (Å²) in [5.74, 6) is 3.65. The Labute approximate surface area is 131 Å². The summed E-state index contributed by atoms with van der Waals surface area (Å²) in [5.41, 5.74) is 0. The minimum Gasteiger partial charge on any atom is -0.343 e. The van der Waals surface area contributed by atoms with E-state index in [-0.39, 0.29) is 0 Å². The largest absolute Gasteiger partial charge is 0.343 e. The Morgan fingerprint density at radius 3 is 2.24 bits per heavy atom. The summed E-state index contributed by atoms with van der Waals surface area (Å²) in [6, 6.07) is 0. The summed E-state index contributed by atoms with van der Waals surface area (Å²) in [7, 11) is 0. The zero-order valence-electron chi connectivity index (χ0n) is 14.5. The lowest BCUT2D eigenvalue weighted by atomic mass is 9.86. The summed E-state index contributed by atoms with van der Waals surface area (Å²) < 4.78 is 0. The highest BCUT2D eigenvalue weighted by Crippen LogP contribution is 2.25. The molecular formula is C18H34N2O. The lowest BCUT2D eigenvalue weighted by Gasteiger charge is -2.40. The van der Waals surface area contributed by atoms with E-state index >= 15 is 0 Å². The third kappa shape index (κ3) is 4.98. The number of nitrogens with zero attached hydrogens (tertiary/aromatic N) is 2. The fourth-order valence-corrected chi connectivity index (χ4v) is 3.90. The number of hydrogen-bond acceptors (Lipinski definition) is 2. The van der Waals surface area contributed by atoms with Crippen molar-refractivity contribution < 1.29 is 4.79 Å². The summed E-state index contributed by atoms with van der Waals surface area (Å²) in [6.45, 7) is 14.6. The van der Waals surface area contributed by atoms with Gasteiger partial charge in [-0.05, 0) is 42.9 Å². The van der Waals surface area contributed by atoms with Gasteiger partial charge in [0.05, 0.1) is 0 Å². The maximum atomic E-state index is 12.3. The van der Waals surface area contributed by atoms with Crippen LogP contribution < -0.4 is 0 Å². The SMILES string of the molecule is CC(C)CC1CN(CCC(=O)N2CCC(C(C)C)CC2)C1. The Morgan fingerprint density at radius 1 is 1.10 bits per heavy atom. The van der Waals surface area contributed by atoms with Crippen molar-refractivity contribution in [2.45, 2.75) is 53.4 Å². The van der Waals surface area contributed by atoms with Gasteiger partial charge in [0.15, 0.2) is 0 Å². The van der Waals surface area contributed by atoms with E-state index in [9.17, 15) is 4.79 Å². The van der Waals surface area contributed by atoms with Crippen LogP contribution in [-0.4, -0.2) is 48.4 Å². The van der Waals surface area contributed by atoms with Crippen molar-refractivity contribution in [3.63, 3.8) is 0 Å². The van der Waals surface area contributed by atoms with E-state index in [0.29, 0.717) is 5.91 Å². The van der Waals surface area contributed by atoms with Crippen molar-refractivity contribution in [1.82, 2.24) is 9.80 Å². The van der Waals surface area contributed by atoms with Crippen molar-refractivity contribution in [2.75, 3.05) is 32.7 Å². The number of hydrogen-bond donors (Lipinski definition) is 0. The van der Waals surface area contributed by atoms with Crippen molar-refractivity contribution in [2.24, 2.45) is 23.7 Å². The molecule has 0 spiro atoms. The normalized spacial score (nSPS) is 22.1. The van der Waals surface area contributed by atoms with Gasteiger partial charge in [-0.1, -0.05) is 27.7 Å². The summed E-state index contributed by atoms with van der Waals surface area (Å²) in [4.78, 5) is 16.8. The van der Waals surface area contributed by atoms with Gasteiger partial charge in [-0.2, -0.15) is 0 Å². The van der Waals surface area contributed by atoms with Crippen LogP contribution in [0.15, 0.2) is 0 Å². The molecule has 0 aromatic carbocycles. The predicted octanol–water partition coefficient (Wildman–Crippen LogP) is 3.25. The Balaban J connectivity index is 1.59. The fourth-order valence-electron chi connectivity index (χ4n) is 3.90. The second-order valence-electron chi connectivity index (χ2n) is 7.97. The van der Waals surface area contributed by atoms with Crippen molar-refractivity contribution in [3.8, 4) is 0 Å². The first kappa shape index (κ1) is 16.8. The first-order valence-corrected chi connectivity index (χ1v) is 8.95. The highest BCUT2D eigenvalue weighted by Gasteiger charge is 2.28. The molecule has 0 aromatic heterocycles. The average Bonchev–Trinajstić information content (AvgIpc) is 2.40. The molecule has 0 N–H and O–H groups in total. The predicted molar refractivity (Wildman–Crippen MR) is 88.1 cm³/mol. The molecule has 21 heavy (non-hydrogen) atoms. The molecule has 122 valence electrons. The molecule has 0 aromatic rings. The van der Waals surface area contributed by atoms with Crippen LogP contribution in [0.4, 0.5) is 0 Å². The van der Waals surface area contributed by atoms with E-state index in [0.717, 1.165) is 49.7 Å². The molecule has 0 unspecified atom stereocenters. The Bertz CT molecular complexity index is 326. The van der Waals surface area contributed by atoms with Gasteiger partial charge in [0.2, 0.25) is 5.91 Å². The van der Waals surface area contributed by atoms with Crippen molar-refractivity contribution in [3.05, 3.63) is 0 Å². The molecule has 1 amide bonds. The number of carbonyl (C=O) groups excluding carboxylic acids is 1. The fraction of sp³-hybridized carbons (Fsp3) is 0.944. The topological polar surface area (TPSA) is 23.6 Å². The molecule has 2 heterocycles. The Hall–Kier alpha value is -0.570. The van der Waals surface area contributed by atoms with Gasteiger partial charge in [0, 0.05) is 39.1 Å². The molecule has 3 heteroatoms. The average molecular weight is 294 g/mol. The van der Waals surface area contributed by atoms with Crippen LogP contribution in [0.5, 0.6) is 0 Å². The van der Waals surface area contributed by atoms with Crippen LogP contribution in [0.2, 0.25) is 0 Å². The number of amides is 1. The van der Waals surface area contributed by atoms with Gasteiger partial charge in [0.25, 0.3) is 0 Å². The van der Waals surface area contributed by atoms with Crippen LogP contribution in [0.3, 0.4) is 0 Å². The number of piperidine rings is 1. The van der Waals surface area contributed by atoms with E-state index < -0.39 is 0 Å². The molecule has 2 aliphatic heterocycles. The van der Waals surface area contributed by atoms with Crippen molar-refractivity contribution in [1.29, 1.82) is 0 Å². The van der Waals surface area contributed by atoms with Gasteiger partial charge >= 0.3 is 0 Å². The van der Waals surface area contributed by atoms with Crippen LogP contribution in [0.1, 0.15) is 53.4 Å². The smallest absolute Gasteiger partial charge is 0.223 e. The van der Waals surface area contributed by atoms with Crippen LogP contribution in [-0.2, 0) is 4.79 Å². The molecule has 2 aliphatic rings. The molecule has 3 nitrogen and oxygen atoms in total. The lowest BCUT2D eigenvalue weighted by molar-refractivity contribution is -0.133. The monoisotopic (exact) mass is 294 g/mol. The van der Waals surface area contributed by atoms with E-state index in [1.165, 1.54) is 32.4 Å². The van der Waals surface area contributed by atoms with E-state index in [1.807, 2.05) is 0 Å². The van der Waals surface area contributed by atoms with E-state index in [4.69, 9.17) is 0 Å². The molecule has 2 saturated heterocycles. The van der Waals surface area contributed by atoms with Gasteiger partial charge in [0.1, 0.15) is 0 Å². The number of carbonyl (C=O) groups is 1. The quantitative estimate of drug-likeness (QED) is 0.751. The molecule has 2 rings (SSSR count). The molecule has 0 saturated carbocycles. The third-order valence-electron chi connectivity index (χ3n) is 5.31. The number of rotatable bonds is 6. The minimum absolute atomic E-state index is 0.379. The maximum absolute atomic E-state index is 12.3. The minimum atomic E-state index is 0.379. The molecule has 0 atom stereocenters. The zero-order valence-corrected chi connectivity index (χ0v) is 14.5. The van der Waals surface area contributed by atoms with Gasteiger partial charge in [-0.15, -0.1) is 0 Å². The Kier molecular flexibility index (Phi) is 6.09. The Morgan fingerprint density at radius 2 is 1.71 bits per heavy atom. The second-order valence-corrected chi connectivity index (χ2v) is 7.97. The molecule has 0 bridgehead atoms. The lowest BCUT2D eigenvalue weighted by Crippen LogP contribution is -2.48. The van der Waals surface area contributed by atoms with Crippen molar-refractivity contribution >= 4 is 5.91 Å². The van der Waals surface area contributed by atoms with Gasteiger partial charge in [-0.3, -0.25) is 4.79 Å². The summed E-state index contributed by atoms with van der Waals surface area (Å²) >= 11 is 0. The number of likely N-dealkylation sites (tertiary alicyclic amines) is 2. The molecule has 0 aliphatic carbocycles. The highest BCUT2D eigenvalue weighted by atomic mass is 16.2. The van der Waals surface area contributed by atoms with Crippen LogP contribution in [0, 0.1) is 23.7 Å². The first-order chi connectivity index (χ1) is 9.95. The molecule has 2 fully saturated rings. The van der Waals surface area contributed by atoms with Crippen LogP contribution >= 0.6 is 0 Å². The summed E-state index contributed by atoms with van der Waals surface area (Å²) in [5, 5.41) is 0. The van der Waals surface area contributed by atoms with Gasteiger partial charge in [-0.25, -0.2) is 0 Å². The second kappa shape index (κ2) is 7.62. The third-order valence-corrected chi connectivity index (χ3v) is 5.31. The zero-order chi connectivity index (χ0) is 15.4. The summed E-state index contributed by atoms with van der Waals surface area (Å²) in [6.07, 6.45) is 4.46. The highest BCUT2D eigenvalue weighted by molar-refractivity contribution is 5.76. The van der Waals surface area contributed by atoms with E-state index in [1.54, 1.807) is 0 Å². The van der Waals surface area contributed by atoms with E-state index in [2.05, 4.69) is 37.5 Å². The first-order valence-electron chi connectivity index (χ1n) is 8.95. The van der Waals surface area contributed by atoms with Gasteiger partial charge < -0.3 is 9.80 Å². The maximum Gasteiger partial charge on any atom is 0.223 e.